The van der Waals surface area contributed by atoms with Crippen molar-refractivity contribution >= 4 is 15.9 Å². The van der Waals surface area contributed by atoms with Crippen molar-refractivity contribution < 1.29 is 4.39 Å². The molecule has 1 aliphatic heterocycles. The molecule has 1 fully saturated rings. The van der Waals surface area contributed by atoms with E-state index in [0.29, 0.717) is 16.6 Å². The fourth-order valence-corrected chi connectivity index (χ4v) is 3.34. The van der Waals surface area contributed by atoms with Gasteiger partial charge in [-0.3, -0.25) is 4.90 Å². The first-order chi connectivity index (χ1) is 9.49. The number of nitrogens with one attached hydrogen (secondary N) is 1. The molecule has 4 heteroatoms. The van der Waals surface area contributed by atoms with E-state index in [4.69, 9.17) is 0 Å². The molecule has 0 radical (unpaired) electrons. The van der Waals surface area contributed by atoms with Gasteiger partial charge in [0.1, 0.15) is 5.82 Å². The van der Waals surface area contributed by atoms with Crippen LogP contribution in [0.5, 0.6) is 0 Å². The van der Waals surface area contributed by atoms with Crippen molar-refractivity contribution in [3.63, 3.8) is 0 Å². The smallest absolute Gasteiger partial charge is 0.137 e. The first-order valence-corrected chi connectivity index (χ1v) is 8.22. The van der Waals surface area contributed by atoms with Crippen LogP contribution in [0.1, 0.15) is 45.2 Å². The molecule has 2 atom stereocenters. The largest absolute Gasteiger partial charge is 0.313 e. The van der Waals surface area contributed by atoms with Gasteiger partial charge in [0.25, 0.3) is 0 Å². The van der Waals surface area contributed by atoms with Gasteiger partial charge in [0.05, 0.1) is 4.47 Å². The van der Waals surface area contributed by atoms with E-state index in [0.717, 1.165) is 18.7 Å². The van der Waals surface area contributed by atoms with E-state index in [-0.39, 0.29) is 11.9 Å². The minimum absolute atomic E-state index is 0.200. The SMILES string of the molecule is CC(C)N(CC1CCCN1)C(C)c1ccc(F)c(Br)c1. The Morgan fingerprint density at radius 2 is 2.15 bits per heavy atom. The zero-order valence-electron chi connectivity index (χ0n) is 12.5. The third-order valence-corrected chi connectivity index (χ3v) is 4.79. The fourth-order valence-electron chi connectivity index (χ4n) is 2.95. The zero-order valence-corrected chi connectivity index (χ0v) is 14.1. The van der Waals surface area contributed by atoms with Crippen LogP contribution >= 0.6 is 15.9 Å². The van der Waals surface area contributed by atoms with Crippen molar-refractivity contribution in [2.45, 2.75) is 51.7 Å². The Labute approximate surface area is 129 Å². The molecule has 1 heterocycles. The first kappa shape index (κ1) is 15.9. The average Bonchev–Trinajstić information content (AvgIpc) is 2.91. The zero-order chi connectivity index (χ0) is 14.7. The molecule has 0 aromatic heterocycles. The summed E-state index contributed by atoms with van der Waals surface area (Å²) in [4.78, 5) is 2.49. The lowest BCUT2D eigenvalue weighted by Gasteiger charge is -2.35. The third-order valence-electron chi connectivity index (χ3n) is 4.18. The van der Waals surface area contributed by atoms with Gasteiger partial charge < -0.3 is 5.32 Å². The van der Waals surface area contributed by atoms with Gasteiger partial charge in [-0.05, 0) is 73.8 Å². The van der Waals surface area contributed by atoms with Gasteiger partial charge in [-0.2, -0.15) is 0 Å². The third kappa shape index (κ3) is 3.80. The molecule has 112 valence electrons. The van der Waals surface area contributed by atoms with E-state index in [1.807, 2.05) is 12.1 Å². The molecule has 2 nitrogen and oxygen atoms in total. The summed E-state index contributed by atoms with van der Waals surface area (Å²) in [5.41, 5.74) is 1.16. The van der Waals surface area contributed by atoms with Gasteiger partial charge >= 0.3 is 0 Å². The predicted molar refractivity (Wildman–Crippen MR) is 85.4 cm³/mol. The maximum absolute atomic E-state index is 13.4. The second-order valence-electron chi connectivity index (χ2n) is 5.93. The van der Waals surface area contributed by atoms with Crippen molar-refractivity contribution in [1.82, 2.24) is 10.2 Å². The van der Waals surface area contributed by atoms with Gasteiger partial charge in [0, 0.05) is 24.7 Å². The number of hydrogen-bond acceptors (Lipinski definition) is 2. The number of hydrogen-bond donors (Lipinski definition) is 1. The van der Waals surface area contributed by atoms with Crippen molar-refractivity contribution in [3.05, 3.63) is 34.1 Å². The number of halogens is 2. The highest BCUT2D eigenvalue weighted by Crippen LogP contribution is 2.27. The Morgan fingerprint density at radius 1 is 1.40 bits per heavy atom. The maximum Gasteiger partial charge on any atom is 0.137 e. The second-order valence-corrected chi connectivity index (χ2v) is 6.79. The summed E-state index contributed by atoms with van der Waals surface area (Å²) in [5, 5.41) is 3.56. The average molecular weight is 343 g/mol. The second kappa shape index (κ2) is 7.01. The van der Waals surface area contributed by atoms with Gasteiger partial charge in [-0.15, -0.1) is 0 Å². The molecular formula is C16H24BrFN2. The Kier molecular flexibility index (Phi) is 5.58. The lowest BCUT2D eigenvalue weighted by molar-refractivity contribution is 0.149. The van der Waals surface area contributed by atoms with E-state index in [1.165, 1.54) is 12.8 Å². The van der Waals surface area contributed by atoms with Crippen LogP contribution in [0, 0.1) is 5.82 Å². The normalized spacial score (nSPS) is 20.9. The fraction of sp³-hybridized carbons (Fsp3) is 0.625. The van der Waals surface area contributed by atoms with Crippen LogP contribution in [-0.4, -0.2) is 30.1 Å². The van der Waals surface area contributed by atoms with Crippen LogP contribution in [0.25, 0.3) is 0 Å². The Balaban J connectivity index is 2.12. The van der Waals surface area contributed by atoms with Crippen molar-refractivity contribution in [2.75, 3.05) is 13.1 Å². The van der Waals surface area contributed by atoms with Crippen LogP contribution < -0.4 is 5.32 Å². The molecule has 1 aromatic rings. The molecule has 1 saturated heterocycles. The summed E-state index contributed by atoms with van der Waals surface area (Å²) in [6, 6.07) is 6.68. The Hall–Kier alpha value is -0.450. The maximum atomic E-state index is 13.4. The van der Waals surface area contributed by atoms with E-state index < -0.39 is 0 Å². The lowest BCUT2D eigenvalue weighted by atomic mass is 10.0. The summed E-state index contributed by atoms with van der Waals surface area (Å²) < 4.78 is 13.9. The van der Waals surface area contributed by atoms with Gasteiger partial charge in [-0.1, -0.05) is 6.07 Å². The minimum Gasteiger partial charge on any atom is -0.313 e. The standard InChI is InChI=1S/C16H24BrFN2/c1-11(2)20(10-14-5-4-8-19-14)12(3)13-6-7-16(18)15(17)9-13/h6-7,9,11-12,14,19H,4-5,8,10H2,1-3H3. The highest BCUT2D eigenvalue weighted by atomic mass is 79.9. The van der Waals surface area contributed by atoms with Crippen LogP contribution in [0.4, 0.5) is 4.39 Å². The number of nitrogens with zero attached hydrogens (tertiary/aromatic N) is 1. The van der Waals surface area contributed by atoms with E-state index in [2.05, 4.69) is 46.9 Å². The highest BCUT2D eigenvalue weighted by Gasteiger charge is 2.24. The summed E-state index contributed by atoms with van der Waals surface area (Å²) in [6.07, 6.45) is 2.52. The molecule has 2 rings (SSSR count). The highest BCUT2D eigenvalue weighted by molar-refractivity contribution is 9.10. The van der Waals surface area contributed by atoms with Crippen molar-refractivity contribution in [2.24, 2.45) is 0 Å². The molecule has 2 unspecified atom stereocenters. The Bertz CT molecular complexity index is 444. The number of benzene rings is 1. The van der Waals surface area contributed by atoms with Crippen LogP contribution in [-0.2, 0) is 0 Å². The molecule has 1 aliphatic rings. The molecular weight excluding hydrogens is 319 g/mol. The van der Waals surface area contributed by atoms with Gasteiger partial charge in [-0.25, -0.2) is 4.39 Å². The lowest BCUT2D eigenvalue weighted by Crippen LogP contribution is -2.42. The van der Waals surface area contributed by atoms with Crippen molar-refractivity contribution in [1.29, 1.82) is 0 Å². The van der Waals surface area contributed by atoms with E-state index in [1.54, 1.807) is 6.07 Å². The van der Waals surface area contributed by atoms with Crippen LogP contribution in [0.15, 0.2) is 22.7 Å². The van der Waals surface area contributed by atoms with Gasteiger partial charge in [0.15, 0.2) is 0 Å². The molecule has 0 aliphatic carbocycles. The monoisotopic (exact) mass is 342 g/mol. The molecule has 20 heavy (non-hydrogen) atoms. The molecule has 0 saturated carbocycles. The molecule has 1 N–H and O–H groups in total. The van der Waals surface area contributed by atoms with Gasteiger partial charge in [0.2, 0.25) is 0 Å². The van der Waals surface area contributed by atoms with Crippen LogP contribution in [0.2, 0.25) is 0 Å². The van der Waals surface area contributed by atoms with E-state index >= 15 is 0 Å². The summed E-state index contributed by atoms with van der Waals surface area (Å²) >= 11 is 3.28. The molecule has 0 spiro atoms. The molecule has 0 bridgehead atoms. The quantitative estimate of drug-likeness (QED) is 0.866. The summed E-state index contributed by atoms with van der Waals surface area (Å²) in [6.45, 7) is 8.84. The molecule has 1 aromatic carbocycles. The summed E-state index contributed by atoms with van der Waals surface area (Å²) in [5.74, 6) is -0.200. The van der Waals surface area contributed by atoms with E-state index in [9.17, 15) is 4.39 Å². The first-order valence-electron chi connectivity index (χ1n) is 7.43. The van der Waals surface area contributed by atoms with Crippen molar-refractivity contribution in [3.8, 4) is 0 Å². The number of rotatable bonds is 5. The molecule has 0 amide bonds. The minimum atomic E-state index is -0.200. The Morgan fingerprint density at radius 3 is 2.70 bits per heavy atom. The van der Waals surface area contributed by atoms with Crippen LogP contribution in [0.3, 0.4) is 0 Å². The predicted octanol–water partition coefficient (Wildman–Crippen LogP) is 4.11. The summed E-state index contributed by atoms with van der Waals surface area (Å²) in [7, 11) is 0. The topological polar surface area (TPSA) is 15.3 Å².